The van der Waals surface area contributed by atoms with Gasteiger partial charge < -0.3 is 10.5 Å². The molecule has 2 aromatic carbocycles. The number of hydrogen-bond donors (Lipinski definition) is 2. The Kier molecular flexibility index (Phi) is 5.27. The average Bonchev–Trinajstić information content (AvgIpc) is 2.79. The van der Waals surface area contributed by atoms with Gasteiger partial charge in [0.15, 0.2) is 0 Å². The zero-order chi connectivity index (χ0) is 19.7. The molecule has 0 saturated carbocycles. The van der Waals surface area contributed by atoms with Crippen LogP contribution in [0.5, 0.6) is 0 Å². The molecule has 1 aliphatic rings. The first-order chi connectivity index (χ1) is 12.7. The maximum atomic E-state index is 10.4. The molecule has 2 aromatic rings. The molecular weight excluding hydrogens is 332 g/mol. The summed E-state index contributed by atoms with van der Waals surface area (Å²) in [6, 6.07) is 16.9. The lowest BCUT2D eigenvalue weighted by molar-refractivity contribution is -0.185. The van der Waals surface area contributed by atoms with Crippen LogP contribution in [0, 0.1) is 6.92 Å². The van der Waals surface area contributed by atoms with Gasteiger partial charge >= 0.3 is 0 Å². The van der Waals surface area contributed by atoms with Crippen LogP contribution < -0.4 is 5.32 Å². The van der Waals surface area contributed by atoms with E-state index >= 15 is 0 Å². The second-order valence-corrected chi connectivity index (χ2v) is 8.41. The van der Waals surface area contributed by atoms with Crippen molar-refractivity contribution in [2.45, 2.75) is 45.7 Å². The third-order valence-corrected chi connectivity index (χ3v) is 5.33. The van der Waals surface area contributed by atoms with E-state index in [4.69, 9.17) is 0 Å². The monoisotopic (exact) mass is 362 g/mol. The standard InChI is InChI=1S/C24H30N2O/c1-18-6-8-19(9-7-18)10-11-20-12-14-22(15-13-20)25-17-21-16-23(2,3)26(27)24(21,4)5/h6-16,25,27H,17H2,1-5H3/b11-10+. The van der Waals surface area contributed by atoms with E-state index in [1.165, 1.54) is 27.3 Å². The van der Waals surface area contributed by atoms with E-state index in [2.05, 4.69) is 79.0 Å². The zero-order valence-corrected chi connectivity index (χ0v) is 17.0. The molecule has 0 aromatic heterocycles. The molecule has 3 heteroatoms. The van der Waals surface area contributed by atoms with Crippen LogP contribution in [0.4, 0.5) is 5.69 Å². The fourth-order valence-electron chi connectivity index (χ4n) is 3.57. The highest BCUT2D eigenvalue weighted by molar-refractivity contribution is 5.70. The molecule has 0 saturated heterocycles. The number of benzene rings is 2. The fourth-order valence-corrected chi connectivity index (χ4v) is 3.57. The van der Waals surface area contributed by atoms with Gasteiger partial charge in [0.1, 0.15) is 0 Å². The Morgan fingerprint density at radius 2 is 1.41 bits per heavy atom. The first-order valence-corrected chi connectivity index (χ1v) is 9.49. The number of aryl methyl sites for hydroxylation is 1. The van der Waals surface area contributed by atoms with E-state index in [1.54, 1.807) is 0 Å². The van der Waals surface area contributed by atoms with Crippen LogP contribution in [0.2, 0.25) is 0 Å². The van der Waals surface area contributed by atoms with Crippen LogP contribution in [0.3, 0.4) is 0 Å². The summed E-state index contributed by atoms with van der Waals surface area (Å²) < 4.78 is 0. The van der Waals surface area contributed by atoms with Gasteiger partial charge in [-0.1, -0.05) is 60.2 Å². The normalized spacial score (nSPS) is 18.7. The number of rotatable bonds is 5. The fraction of sp³-hybridized carbons (Fsp3) is 0.333. The van der Waals surface area contributed by atoms with Gasteiger partial charge in [-0.3, -0.25) is 0 Å². The summed E-state index contributed by atoms with van der Waals surface area (Å²) in [4.78, 5) is 0. The topological polar surface area (TPSA) is 35.5 Å². The van der Waals surface area contributed by atoms with Crippen LogP contribution in [-0.4, -0.2) is 27.9 Å². The van der Waals surface area contributed by atoms with Crippen LogP contribution in [0.1, 0.15) is 44.4 Å². The summed E-state index contributed by atoms with van der Waals surface area (Å²) in [5.41, 5.74) is 5.21. The number of nitrogens with zero attached hydrogens (tertiary/aromatic N) is 1. The second-order valence-electron chi connectivity index (χ2n) is 8.41. The maximum absolute atomic E-state index is 10.4. The molecule has 1 aliphatic heterocycles. The van der Waals surface area contributed by atoms with E-state index in [1.807, 2.05) is 27.7 Å². The number of hydrogen-bond acceptors (Lipinski definition) is 3. The van der Waals surface area contributed by atoms with Gasteiger partial charge in [0.2, 0.25) is 0 Å². The lowest BCUT2D eigenvalue weighted by atomic mass is 9.96. The Labute approximate surface area is 163 Å². The minimum atomic E-state index is -0.368. The van der Waals surface area contributed by atoms with Crippen LogP contribution in [-0.2, 0) is 0 Å². The van der Waals surface area contributed by atoms with Crippen molar-refractivity contribution in [3.8, 4) is 0 Å². The van der Waals surface area contributed by atoms with E-state index in [-0.39, 0.29) is 11.1 Å². The number of anilines is 1. The molecule has 2 N–H and O–H groups in total. The van der Waals surface area contributed by atoms with Crippen molar-refractivity contribution in [1.82, 2.24) is 5.06 Å². The molecule has 0 bridgehead atoms. The Morgan fingerprint density at radius 3 is 1.89 bits per heavy atom. The Hall–Kier alpha value is -2.36. The van der Waals surface area contributed by atoms with Crippen molar-refractivity contribution in [2.75, 3.05) is 11.9 Å². The van der Waals surface area contributed by atoms with Crippen LogP contribution in [0.25, 0.3) is 12.2 Å². The lowest BCUT2D eigenvalue weighted by Crippen LogP contribution is -2.48. The van der Waals surface area contributed by atoms with Gasteiger partial charge in [-0.25, -0.2) is 0 Å². The highest BCUT2D eigenvalue weighted by Crippen LogP contribution is 2.38. The summed E-state index contributed by atoms with van der Waals surface area (Å²) in [7, 11) is 0. The summed E-state index contributed by atoms with van der Waals surface area (Å²) in [5, 5.41) is 15.3. The minimum absolute atomic E-state index is 0.342. The molecule has 0 radical (unpaired) electrons. The first-order valence-electron chi connectivity index (χ1n) is 9.49. The SMILES string of the molecule is Cc1ccc(/C=C/c2ccc(NCC3=CC(C)(C)N(O)C3(C)C)cc2)cc1. The van der Waals surface area contributed by atoms with Crippen molar-refractivity contribution in [3.05, 3.63) is 76.9 Å². The molecule has 142 valence electrons. The molecule has 0 amide bonds. The lowest BCUT2D eigenvalue weighted by Gasteiger charge is -2.36. The van der Waals surface area contributed by atoms with Gasteiger partial charge in [-0.2, -0.15) is 5.06 Å². The van der Waals surface area contributed by atoms with Crippen molar-refractivity contribution in [3.63, 3.8) is 0 Å². The predicted octanol–water partition coefficient (Wildman–Crippen LogP) is 5.77. The van der Waals surface area contributed by atoms with Gasteiger partial charge in [-0.05, 0) is 63.5 Å². The summed E-state index contributed by atoms with van der Waals surface area (Å²) in [6.07, 6.45) is 6.41. The van der Waals surface area contributed by atoms with Crippen molar-refractivity contribution < 1.29 is 5.21 Å². The quantitative estimate of drug-likeness (QED) is 0.524. The van der Waals surface area contributed by atoms with Gasteiger partial charge in [-0.15, -0.1) is 0 Å². The average molecular weight is 363 g/mol. The van der Waals surface area contributed by atoms with Gasteiger partial charge in [0, 0.05) is 12.2 Å². The van der Waals surface area contributed by atoms with E-state index in [9.17, 15) is 5.21 Å². The third kappa shape index (κ3) is 4.32. The molecule has 3 nitrogen and oxygen atoms in total. The van der Waals surface area contributed by atoms with Gasteiger partial charge in [0.25, 0.3) is 0 Å². The van der Waals surface area contributed by atoms with Crippen molar-refractivity contribution in [2.24, 2.45) is 0 Å². The highest BCUT2D eigenvalue weighted by atomic mass is 16.5. The number of nitrogens with one attached hydrogen (secondary N) is 1. The van der Waals surface area contributed by atoms with Crippen molar-refractivity contribution >= 4 is 17.8 Å². The molecule has 0 spiro atoms. The van der Waals surface area contributed by atoms with Crippen molar-refractivity contribution in [1.29, 1.82) is 0 Å². The Morgan fingerprint density at radius 1 is 0.889 bits per heavy atom. The van der Waals surface area contributed by atoms with Crippen LogP contribution in [0.15, 0.2) is 60.2 Å². The molecule has 1 heterocycles. The van der Waals surface area contributed by atoms with Crippen LogP contribution >= 0.6 is 0 Å². The van der Waals surface area contributed by atoms with E-state index < -0.39 is 0 Å². The molecule has 3 rings (SSSR count). The van der Waals surface area contributed by atoms with E-state index in [0.29, 0.717) is 6.54 Å². The Balaban J connectivity index is 1.62. The largest absolute Gasteiger partial charge is 0.381 e. The highest BCUT2D eigenvalue weighted by Gasteiger charge is 2.44. The Bertz CT molecular complexity index is 843. The maximum Gasteiger partial charge on any atom is 0.0639 e. The second kappa shape index (κ2) is 7.34. The molecule has 27 heavy (non-hydrogen) atoms. The smallest absolute Gasteiger partial charge is 0.0639 e. The molecule has 0 aliphatic carbocycles. The predicted molar refractivity (Wildman–Crippen MR) is 115 cm³/mol. The summed E-state index contributed by atoms with van der Waals surface area (Å²) >= 11 is 0. The number of hydroxylamine groups is 2. The molecular formula is C24H30N2O. The first kappa shape index (κ1) is 19.4. The minimum Gasteiger partial charge on any atom is -0.381 e. The zero-order valence-electron chi connectivity index (χ0n) is 17.0. The molecule has 0 atom stereocenters. The van der Waals surface area contributed by atoms with E-state index in [0.717, 1.165) is 5.69 Å². The summed E-state index contributed by atoms with van der Waals surface area (Å²) in [6.45, 7) is 11.0. The molecule has 0 unspecified atom stereocenters. The van der Waals surface area contributed by atoms with Gasteiger partial charge in [0.05, 0.1) is 11.1 Å². The molecule has 0 fully saturated rings. The summed E-state index contributed by atoms with van der Waals surface area (Å²) in [5.74, 6) is 0. The third-order valence-electron chi connectivity index (χ3n) is 5.33.